The summed E-state index contributed by atoms with van der Waals surface area (Å²) in [6.45, 7) is 8.09. The topological polar surface area (TPSA) is 74.3 Å². The van der Waals surface area contributed by atoms with Crippen LogP contribution in [0, 0.1) is 11.7 Å². The summed E-state index contributed by atoms with van der Waals surface area (Å²) in [5, 5.41) is 4.22. The van der Waals surface area contributed by atoms with Gasteiger partial charge in [-0.2, -0.15) is 0 Å². The lowest BCUT2D eigenvalue weighted by molar-refractivity contribution is -0.137. The molecule has 0 unspecified atom stereocenters. The summed E-state index contributed by atoms with van der Waals surface area (Å²) >= 11 is 15.2. The number of nitrogens with one attached hydrogen (secondary N) is 1. The lowest BCUT2D eigenvalue weighted by Crippen LogP contribution is -2.58. The van der Waals surface area contributed by atoms with Crippen molar-refractivity contribution < 1.29 is 23.5 Å². The fourth-order valence-corrected chi connectivity index (χ4v) is 9.47. The zero-order valence-electron chi connectivity index (χ0n) is 34.5. The zero-order chi connectivity index (χ0) is 42.6. The summed E-state index contributed by atoms with van der Waals surface area (Å²) in [7, 11) is 0. The first-order valence-electron chi connectivity index (χ1n) is 21.1. The lowest BCUT2D eigenvalue weighted by atomic mass is 9.88. The van der Waals surface area contributed by atoms with Gasteiger partial charge < -0.3 is 24.6 Å². The van der Waals surface area contributed by atoms with Crippen molar-refractivity contribution in [1.29, 1.82) is 0 Å². The minimum atomic E-state index is -0.709. The van der Waals surface area contributed by atoms with Crippen molar-refractivity contribution in [2.75, 3.05) is 51.6 Å². The Labute approximate surface area is 373 Å². The Hall–Kier alpha value is -4.58. The van der Waals surface area contributed by atoms with E-state index in [9.17, 15) is 14.0 Å². The number of hydrogen-bond donors (Lipinski definition) is 1. The van der Waals surface area contributed by atoms with Crippen molar-refractivity contribution in [1.82, 2.24) is 20.0 Å². The molecule has 0 spiro atoms. The first-order valence-corrected chi connectivity index (χ1v) is 22.8. The maximum absolute atomic E-state index is 14.4. The Morgan fingerprint density at radius 2 is 1.48 bits per heavy atom. The number of piperazine rings is 1. The standard InChI is InChI=1S/C49H53Cl2FN4O4S/c1-2-61-45-31-41(52)18-16-39(45)32-55-26-28-56(29-27-55)48(57)47(53-49(58)60-34-36-12-7-4-8-13-36)37-20-23-54(24-21-37)25-22-38-30-40(50)17-19-42(38)43-14-9-15-44(46(43)51)59-33-35-10-5-3-6-11-35/h3-19,30-31,37,47H,2,20-29,32-34H2,1H3,(H,53,58)/t47-/m1/s1. The summed E-state index contributed by atoms with van der Waals surface area (Å²) < 4.78 is 25.8. The molecule has 7 rings (SSSR count). The molecular weight excluding hydrogens is 831 g/mol. The SMILES string of the molecule is CCSc1cc(F)ccc1CN1CCN(C(=O)[C@H](NC(=O)OCc2ccccc2)C2CCN(CCc3cc(Cl)ccc3-c3cccc(OCc4ccccc4)c3Cl)CC2)CC1. The van der Waals surface area contributed by atoms with Crippen LogP contribution in [-0.2, 0) is 35.7 Å². The monoisotopic (exact) mass is 882 g/mol. The third-order valence-corrected chi connectivity index (χ3v) is 13.1. The number of halogens is 3. The third-order valence-electron chi connectivity index (χ3n) is 11.5. The molecule has 2 saturated heterocycles. The Balaban J connectivity index is 0.980. The first kappa shape index (κ1) is 44.5. The largest absolute Gasteiger partial charge is 0.487 e. The minimum absolute atomic E-state index is 0.0574. The van der Waals surface area contributed by atoms with Gasteiger partial charge in [-0.15, -0.1) is 11.8 Å². The predicted molar refractivity (Wildman–Crippen MR) is 244 cm³/mol. The average Bonchev–Trinajstić information content (AvgIpc) is 3.28. The van der Waals surface area contributed by atoms with Crippen molar-refractivity contribution in [3.05, 3.63) is 153 Å². The molecule has 5 aromatic carbocycles. The summed E-state index contributed by atoms with van der Waals surface area (Å²) in [5.74, 6) is 1.12. The van der Waals surface area contributed by atoms with Crippen molar-refractivity contribution in [2.24, 2.45) is 5.92 Å². The minimum Gasteiger partial charge on any atom is -0.487 e. The maximum atomic E-state index is 14.4. The Kier molecular flexibility index (Phi) is 16.0. The molecule has 12 heteroatoms. The normalized spacial score (nSPS) is 15.6. The van der Waals surface area contributed by atoms with Crippen LogP contribution in [0.1, 0.15) is 42.0 Å². The smallest absolute Gasteiger partial charge is 0.408 e. The summed E-state index contributed by atoms with van der Waals surface area (Å²) in [5.41, 5.74) is 6.02. The predicted octanol–water partition coefficient (Wildman–Crippen LogP) is 10.4. The van der Waals surface area contributed by atoms with Gasteiger partial charge in [0.05, 0.1) is 5.02 Å². The average molecular weight is 884 g/mol. The van der Waals surface area contributed by atoms with E-state index in [1.807, 2.05) is 108 Å². The number of alkyl carbamates (subject to hydrolysis) is 1. The van der Waals surface area contributed by atoms with E-state index >= 15 is 0 Å². The van der Waals surface area contributed by atoms with E-state index in [4.69, 9.17) is 32.7 Å². The van der Waals surface area contributed by atoms with Gasteiger partial charge >= 0.3 is 6.09 Å². The van der Waals surface area contributed by atoms with E-state index in [1.54, 1.807) is 17.8 Å². The van der Waals surface area contributed by atoms with Crippen LogP contribution < -0.4 is 10.1 Å². The highest BCUT2D eigenvalue weighted by Crippen LogP contribution is 2.38. The second kappa shape index (κ2) is 22.0. The zero-order valence-corrected chi connectivity index (χ0v) is 36.9. The fourth-order valence-electron chi connectivity index (χ4n) is 8.17. The van der Waals surface area contributed by atoms with Crippen molar-refractivity contribution in [3.8, 4) is 16.9 Å². The summed E-state index contributed by atoms with van der Waals surface area (Å²) in [4.78, 5) is 35.2. The number of thioether (sulfide) groups is 1. The molecule has 61 heavy (non-hydrogen) atoms. The Bertz CT molecular complexity index is 2220. The molecule has 2 fully saturated rings. The molecule has 2 aliphatic rings. The molecule has 1 N–H and O–H groups in total. The van der Waals surface area contributed by atoms with Crippen LogP contribution in [-0.4, -0.2) is 84.3 Å². The molecule has 2 heterocycles. The van der Waals surface area contributed by atoms with Crippen LogP contribution in [0.4, 0.5) is 9.18 Å². The van der Waals surface area contributed by atoms with Gasteiger partial charge in [-0.3, -0.25) is 9.69 Å². The molecule has 2 aliphatic heterocycles. The highest BCUT2D eigenvalue weighted by Gasteiger charge is 2.37. The molecule has 8 nitrogen and oxygen atoms in total. The molecule has 0 aliphatic carbocycles. The number of rotatable bonds is 16. The molecule has 0 bridgehead atoms. The van der Waals surface area contributed by atoms with E-state index in [1.165, 1.54) is 6.07 Å². The quantitative estimate of drug-likeness (QED) is 0.0990. The van der Waals surface area contributed by atoms with E-state index < -0.39 is 12.1 Å². The van der Waals surface area contributed by atoms with Gasteiger partial charge in [0.25, 0.3) is 0 Å². The molecule has 1 atom stereocenters. The number of ether oxygens (including phenoxy) is 2. The first-order chi connectivity index (χ1) is 29.7. The highest BCUT2D eigenvalue weighted by atomic mass is 35.5. The van der Waals surface area contributed by atoms with E-state index in [0.29, 0.717) is 55.1 Å². The van der Waals surface area contributed by atoms with Crippen LogP contribution in [0.2, 0.25) is 10.0 Å². The summed E-state index contributed by atoms with van der Waals surface area (Å²) in [6, 6.07) is 35.6. The van der Waals surface area contributed by atoms with E-state index in [-0.39, 0.29) is 24.2 Å². The Morgan fingerprint density at radius 3 is 2.18 bits per heavy atom. The van der Waals surface area contributed by atoms with Crippen molar-refractivity contribution in [2.45, 2.75) is 56.9 Å². The van der Waals surface area contributed by atoms with Crippen LogP contribution >= 0.6 is 35.0 Å². The molecule has 320 valence electrons. The van der Waals surface area contributed by atoms with Crippen molar-refractivity contribution >= 4 is 47.0 Å². The molecular formula is C49H53Cl2FN4O4S. The lowest BCUT2D eigenvalue weighted by Gasteiger charge is -2.40. The number of amides is 2. The number of hydrogen-bond acceptors (Lipinski definition) is 7. The molecule has 0 aromatic heterocycles. The van der Waals surface area contributed by atoms with Crippen LogP contribution in [0.3, 0.4) is 0 Å². The van der Waals surface area contributed by atoms with Gasteiger partial charge in [0.15, 0.2) is 0 Å². The highest BCUT2D eigenvalue weighted by molar-refractivity contribution is 7.99. The fraction of sp³-hybridized carbons (Fsp3) is 0.347. The van der Waals surface area contributed by atoms with Gasteiger partial charge in [-0.05, 0) is 102 Å². The van der Waals surface area contributed by atoms with Crippen LogP contribution in [0.15, 0.2) is 120 Å². The van der Waals surface area contributed by atoms with E-state index in [2.05, 4.69) is 22.0 Å². The van der Waals surface area contributed by atoms with Gasteiger partial charge in [-0.1, -0.05) is 115 Å². The number of likely N-dealkylation sites (tertiary alicyclic amines) is 1. The number of carbonyl (C=O) groups excluding carboxylic acids is 2. The Morgan fingerprint density at radius 1 is 0.770 bits per heavy atom. The number of carbonyl (C=O) groups is 2. The molecule has 2 amide bonds. The van der Waals surface area contributed by atoms with Crippen LogP contribution in [0.25, 0.3) is 11.1 Å². The molecule has 5 aromatic rings. The molecule has 0 radical (unpaired) electrons. The van der Waals surface area contributed by atoms with E-state index in [0.717, 1.165) is 82.9 Å². The van der Waals surface area contributed by atoms with Gasteiger partial charge in [-0.25, -0.2) is 9.18 Å². The van der Waals surface area contributed by atoms with Gasteiger partial charge in [0, 0.05) is 54.8 Å². The summed E-state index contributed by atoms with van der Waals surface area (Å²) in [6.07, 6.45) is 1.64. The van der Waals surface area contributed by atoms with Gasteiger partial charge in [0.2, 0.25) is 5.91 Å². The number of benzene rings is 5. The number of nitrogens with zero attached hydrogens (tertiary/aromatic N) is 3. The van der Waals surface area contributed by atoms with Crippen molar-refractivity contribution in [3.63, 3.8) is 0 Å². The molecule has 0 saturated carbocycles. The third kappa shape index (κ3) is 12.3. The van der Waals surface area contributed by atoms with Crippen LogP contribution in [0.5, 0.6) is 5.75 Å². The number of piperidine rings is 1. The second-order valence-electron chi connectivity index (χ2n) is 15.6. The second-order valence-corrected chi connectivity index (χ2v) is 17.7. The van der Waals surface area contributed by atoms with Gasteiger partial charge in [0.1, 0.15) is 30.8 Å². The maximum Gasteiger partial charge on any atom is 0.408 e.